The molecular weight excluding hydrogens is 408 g/mol. The third kappa shape index (κ3) is 4.69. The lowest BCUT2D eigenvalue weighted by molar-refractivity contribution is 0.0849. The van der Waals surface area contributed by atoms with Gasteiger partial charge in [0.15, 0.2) is 9.84 Å². The number of hydrogen-bond donors (Lipinski definition) is 2. The van der Waals surface area contributed by atoms with E-state index in [-0.39, 0.29) is 15.5 Å². The molecular formula is C18H19ClN2O4S2. The van der Waals surface area contributed by atoms with E-state index in [1.807, 2.05) is 6.07 Å². The summed E-state index contributed by atoms with van der Waals surface area (Å²) < 4.78 is 23.3. The molecule has 1 heterocycles. The Hall–Kier alpha value is -1.90. The quantitative estimate of drug-likeness (QED) is 0.582. The molecule has 6 nitrogen and oxygen atoms in total. The zero-order valence-corrected chi connectivity index (χ0v) is 17.1. The molecule has 0 unspecified atom stereocenters. The monoisotopic (exact) mass is 426 g/mol. The number of halogens is 1. The molecule has 0 saturated heterocycles. The van der Waals surface area contributed by atoms with Crippen molar-refractivity contribution in [1.29, 1.82) is 0 Å². The summed E-state index contributed by atoms with van der Waals surface area (Å²) in [6.45, 7) is 0. The summed E-state index contributed by atoms with van der Waals surface area (Å²) in [5.74, 6) is -1.09. The molecule has 1 aromatic heterocycles. The van der Waals surface area contributed by atoms with E-state index in [0.717, 1.165) is 31.9 Å². The average Bonchev–Trinajstić information content (AvgIpc) is 2.89. The van der Waals surface area contributed by atoms with Gasteiger partial charge >= 0.3 is 0 Å². The third-order valence-corrected chi connectivity index (χ3v) is 7.05. The molecule has 0 radical (unpaired) electrons. The van der Waals surface area contributed by atoms with Crippen LogP contribution < -0.4 is 10.9 Å². The normalized spacial score (nSPS) is 14.1. The summed E-state index contributed by atoms with van der Waals surface area (Å²) in [7, 11) is -3.48. The molecule has 27 heavy (non-hydrogen) atoms. The van der Waals surface area contributed by atoms with Gasteiger partial charge in [0.05, 0.1) is 20.4 Å². The van der Waals surface area contributed by atoms with Gasteiger partial charge in [-0.3, -0.25) is 20.4 Å². The molecule has 2 amide bonds. The zero-order chi connectivity index (χ0) is 19.6. The van der Waals surface area contributed by atoms with Crippen molar-refractivity contribution in [3.05, 3.63) is 50.2 Å². The lowest BCUT2D eigenvalue weighted by Crippen LogP contribution is -2.41. The van der Waals surface area contributed by atoms with Crippen LogP contribution in [0.3, 0.4) is 0 Å². The Labute approximate surface area is 166 Å². The van der Waals surface area contributed by atoms with Crippen LogP contribution in [-0.4, -0.2) is 26.5 Å². The number of aryl methyl sites for hydroxylation is 2. The molecule has 144 valence electrons. The summed E-state index contributed by atoms with van der Waals surface area (Å²) in [5, 5.41) is 0.0944. The molecule has 1 aliphatic carbocycles. The first-order valence-corrected chi connectivity index (χ1v) is 11.6. The number of carbonyl (C=O) groups excluding carboxylic acids is 2. The van der Waals surface area contributed by atoms with Crippen molar-refractivity contribution in [3.63, 3.8) is 0 Å². The average molecular weight is 427 g/mol. The number of fused-ring (bicyclic) bond motifs is 1. The van der Waals surface area contributed by atoms with Crippen LogP contribution in [0, 0.1) is 0 Å². The van der Waals surface area contributed by atoms with Gasteiger partial charge in [-0.1, -0.05) is 18.0 Å². The molecule has 0 fully saturated rings. The standard InChI is InChI=1S/C18H19ClN2O4S2/c1-27(24,25)12-7-8-14(19)13(10-12)17(22)20-21-18(23)16-9-11-5-3-2-4-6-15(11)26-16/h7-10H,2-6H2,1H3,(H,20,22)(H,21,23). The van der Waals surface area contributed by atoms with Crippen LogP contribution in [0.4, 0.5) is 0 Å². The maximum Gasteiger partial charge on any atom is 0.279 e. The molecule has 2 aromatic rings. The van der Waals surface area contributed by atoms with Crippen LogP contribution in [-0.2, 0) is 22.7 Å². The minimum Gasteiger partial charge on any atom is -0.267 e. The number of amides is 2. The Morgan fingerprint density at radius 2 is 1.74 bits per heavy atom. The number of nitrogens with one attached hydrogen (secondary N) is 2. The van der Waals surface area contributed by atoms with Gasteiger partial charge in [-0.15, -0.1) is 11.3 Å². The fourth-order valence-corrected chi connectivity index (χ4v) is 4.93. The first kappa shape index (κ1) is 19.9. The molecule has 1 aromatic carbocycles. The fraction of sp³-hybridized carbons (Fsp3) is 0.333. The second kappa shape index (κ2) is 8.00. The highest BCUT2D eigenvalue weighted by Crippen LogP contribution is 2.29. The van der Waals surface area contributed by atoms with Crippen LogP contribution in [0.2, 0.25) is 5.02 Å². The van der Waals surface area contributed by atoms with Gasteiger partial charge in [0, 0.05) is 11.1 Å². The predicted molar refractivity (Wildman–Crippen MR) is 105 cm³/mol. The molecule has 0 saturated carbocycles. The topological polar surface area (TPSA) is 92.3 Å². The van der Waals surface area contributed by atoms with Crippen molar-refractivity contribution in [2.45, 2.75) is 37.0 Å². The maximum atomic E-state index is 12.4. The van der Waals surface area contributed by atoms with Crippen LogP contribution in [0.15, 0.2) is 29.2 Å². The van der Waals surface area contributed by atoms with Crippen molar-refractivity contribution in [2.24, 2.45) is 0 Å². The van der Waals surface area contributed by atoms with Gasteiger partial charge in [0.25, 0.3) is 11.8 Å². The Balaban J connectivity index is 1.70. The number of benzene rings is 1. The summed E-state index contributed by atoms with van der Waals surface area (Å²) in [5.41, 5.74) is 5.85. The summed E-state index contributed by atoms with van der Waals surface area (Å²) in [4.78, 5) is 26.4. The minimum atomic E-state index is -3.48. The number of carbonyl (C=O) groups is 2. The number of thiophene rings is 1. The lowest BCUT2D eigenvalue weighted by Gasteiger charge is -2.09. The summed E-state index contributed by atoms with van der Waals surface area (Å²) in [6, 6.07) is 5.73. The van der Waals surface area contributed by atoms with Crippen LogP contribution >= 0.6 is 22.9 Å². The van der Waals surface area contributed by atoms with E-state index in [2.05, 4.69) is 10.9 Å². The molecule has 0 bridgehead atoms. The highest BCUT2D eigenvalue weighted by atomic mass is 35.5. The first-order chi connectivity index (χ1) is 12.8. The highest BCUT2D eigenvalue weighted by molar-refractivity contribution is 7.90. The number of rotatable bonds is 3. The lowest BCUT2D eigenvalue weighted by atomic mass is 10.1. The van der Waals surface area contributed by atoms with E-state index >= 15 is 0 Å². The van der Waals surface area contributed by atoms with Crippen LogP contribution in [0.1, 0.15) is 49.7 Å². The molecule has 0 spiro atoms. The predicted octanol–water partition coefficient (Wildman–Crippen LogP) is 3.15. The van der Waals surface area contributed by atoms with Crippen LogP contribution in [0.25, 0.3) is 0 Å². The van der Waals surface area contributed by atoms with Gasteiger partial charge in [-0.25, -0.2) is 8.42 Å². The van der Waals surface area contributed by atoms with Gasteiger partial charge in [0.2, 0.25) is 0 Å². The maximum absolute atomic E-state index is 12.4. The van der Waals surface area contributed by atoms with Crippen molar-refractivity contribution in [1.82, 2.24) is 10.9 Å². The molecule has 3 rings (SSSR count). The summed E-state index contributed by atoms with van der Waals surface area (Å²) in [6.07, 6.45) is 6.44. The minimum absolute atomic E-state index is 0.0228. The fourth-order valence-electron chi connectivity index (χ4n) is 2.93. The van der Waals surface area contributed by atoms with Crippen molar-refractivity contribution in [3.8, 4) is 0 Å². The molecule has 0 atom stereocenters. The Morgan fingerprint density at radius 1 is 1.04 bits per heavy atom. The second-order valence-corrected chi connectivity index (χ2v) is 10.0. The number of hydrogen-bond acceptors (Lipinski definition) is 5. The highest BCUT2D eigenvalue weighted by Gasteiger charge is 2.19. The molecule has 1 aliphatic rings. The van der Waals surface area contributed by atoms with Gasteiger partial charge in [0.1, 0.15) is 0 Å². The van der Waals surface area contributed by atoms with Crippen molar-refractivity contribution < 1.29 is 18.0 Å². The van der Waals surface area contributed by atoms with E-state index < -0.39 is 21.7 Å². The zero-order valence-electron chi connectivity index (χ0n) is 14.7. The molecule has 2 N–H and O–H groups in total. The molecule has 0 aliphatic heterocycles. The van der Waals surface area contributed by atoms with E-state index in [1.54, 1.807) is 0 Å². The number of sulfone groups is 1. The van der Waals surface area contributed by atoms with Crippen molar-refractivity contribution in [2.75, 3.05) is 6.26 Å². The van der Waals surface area contributed by atoms with E-state index in [1.165, 1.54) is 46.4 Å². The van der Waals surface area contributed by atoms with Gasteiger partial charge in [-0.2, -0.15) is 0 Å². The Bertz CT molecular complexity index is 975. The largest absolute Gasteiger partial charge is 0.279 e. The Morgan fingerprint density at radius 3 is 2.48 bits per heavy atom. The van der Waals surface area contributed by atoms with Gasteiger partial charge in [-0.05, 0) is 55.5 Å². The number of hydrazine groups is 1. The van der Waals surface area contributed by atoms with E-state index in [9.17, 15) is 18.0 Å². The summed E-state index contributed by atoms with van der Waals surface area (Å²) >= 11 is 7.44. The van der Waals surface area contributed by atoms with E-state index in [0.29, 0.717) is 4.88 Å². The smallest absolute Gasteiger partial charge is 0.267 e. The van der Waals surface area contributed by atoms with Crippen molar-refractivity contribution >= 4 is 44.6 Å². The SMILES string of the molecule is CS(=O)(=O)c1ccc(Cl)c(C(=O)NNC(=O)c2cc3c(s2)CCCCC3)c1. The second-order valence-electron chi connectivity index (χ2n) is 6.44. The van der Waals surface area contributed by atoms with E-state index in [4.69, 9.17) is 11.6 Å². The first-order valence-electron chi connectivity index (χ1n) is 8.47. The third-order valence-electron chi connectivity index (χ3n) is 4.37. The van der Waals surface area contributed by atoms with Crippen LogP contribution in [0.5, 0.6) is 0 Å². The molecule has 9 heteroatoms. The van der Waals surface area contributed by atoms with Gasteiger partial charge < -0.3 is 0 Å². The Kier molecular flexibility index (Phi) is 5.88.